The fourth-order valence-electron chi connectivity index (χ4n) is 3.15. The van der Waals surface area contributed by atoms with Crippen LogP contribution in [0.25, 0.3) is 0 Å². The molecule has 1 amide bonds. The van der Waals surface area contributed by atoms with Gasteiger partial charge in [-0.1, -0.05) is 17.7 Å². The van der Waals surface area contributed by atoms with Gasteiger partial charge in [-0.15, -0.1) is 0 Å². The minimum absolute atomic E-state index is 0.0936. The highest BCUT2D eigenvalue weighted by Gasteiger charge is 2.32. The van der Waals surface area contributed by atoms with E-state index in [1.54, 1.807) is 59.9 Å². The SMILES string of the molecule is O=C(c1ccccn1)N1CCCC1c1cncc(Oc2ccc(Cl)cc2)n1. The Morgan fingerprint density at radius 1 is 1.15 bits per heavy atom. The molecule has 4 rings (SSSR count). The molecule has 0 aliphatic carbocycles. The summed E-state index contributed by atoms with van der Waals surface area (Å²) in [5.74, 6) is 0.912. The minimum Gasteiger partial charge on any atom is -0.437 e. The number of rotatable bonds is 4. The first-order chi connectivity index (χ1) is 13.2. The Bertz CT molecular complexity index is 934. The van der Waals surface area contributed by atoms with E-state index in [4.69, 9.17) is 16.3 Å². The molecule has 0 spiro atoms. The Balaban J connectivity index is 1.55. The largest absolute Gasteiger partial charge is 0.437 e. The molecular formula is C20H17ClN4O2. The zero-order chi connectivity index (χ0) is 18.6. The summed E-state index contributed by atoms with van der Waals surface area (Å²) in [5, 5.41) is 0.636. The van der Waals surface area contributed by atoms with Crippen LogP contribution in [0.1, 0.15) is 35.1 Å². The highest BCUT2D eigenvalue weighted by molar-refractivity contribution is 6.30. The van der Waals surface area contributed by atoms with E-state index >= 15 is 0 Å². The van der Waals surface area contributed by atoms with Gasteiger partial charge in [0.25, 0.3) is 5.91 Å². The first-order valence-electron chi connectivity index (χ1n) is 8.68. The molecule has 0 saturated carbocycles. The molecule has 3 heterocycles. The number of benzene rings is 1. The topological polar surface area (TPSA) is 68.2 Å². The van der Waals surface area contributed by atoms with E-state index in [0.717, 1.165) is 12.8 Å². The Hall–Kier alpha value is -2.99. The summed E-state index contributed by atoms with van der Waals surface area (Å²) in [6.45, 7) is 0.671. The number of amides is 1. The number of aromatic nitrogens is 3. The van der Waals surface area contributed by atoms with Gasteiger partial charge in [-0.05, 0) is 49.2 Å². The zero-order valence-corrected chi connectivity index (χ0v) is 15.2. The summed E-state index contributed by atoms with van der Waals surface area (Å²) < 4.78 is 5.77. The molecule has 1 unspecified atom stereocenters. The fourth-order valence-corrected chi connectivity index (χ4v) is 3.28. The van der Waals surface area contributed by atoms with Gasteiger partial charge in [-0.2, -0.15) is 0 Å². The fraction of sp³-hybridized carbons (Fsp3) is 0.200. The maximum absolute atomic E-state index is 12.8. The van der Waals surface area contributed by atoms with Crippen LogP contribution in [0, 0.1) is 0 Å². The summed E-state index contributed by atoms with van der Waals surface area (Å²) in [4.78, 5) is 27.6. The number of pyridine rings is 1. The second kappa shape index (κ2) is 7.72. The Labute approximate surface area is 161 Å². The van der Waals surface area contributed by atoms with Crippen LogP contribution < -0.4 is 4.74 Å². The molecule has 0 bridgehead atoms. The lowest BCUT2D eigenvalue weighted by atomic mass is 10.1. The smallest absolute Gasteiger partial charge is 0.273 e. The molecule has 6 nitrogen and oxygen atoms in total. The van der Waals surface area contributed by atoms with Crippen molar-refractivity contribution in [2.75, 3.05) is 6.54 Å². The number of carbonyl (C=O) groups excluding carboxylic acids is 1. The third-order valence-corrected chi connectivity index (χ3v) is 4.66. The highest BCUT2D eigenvalue weighted by atomic mass is 35.5. The van der Waals surface area contributed by atoms with E-state index in [-0.39, 0.29) is 11.9 Å². The zero-order valence-electron chi connectivity index (χ0n) is 14.5. The van der Waals surface area contributed by atoms with Gasteiger partial charge >= 0.3 is 0 Å². The van der Waals surface area contributed by atoms with Crippen molar-refractivity contribution in [3.63, 3.8) is 0 Å². The van der Waals surface area contributed by atoms with Crippen LogP contribution >= 0.6 is 11.6 Å². The second-order valence-corrected chi connectivity index (χ2v) is 6.65. The molecule has 27 heavy (non-hydrogen) atoms. The molecule has 136 valence electrons. The second-order valence-electron chi connectivity index (χ2n) is 6.21. The number of carbonyl (C=O) groups is 1. The van der Waals surface area contributed by atoms with E-state index in [1.165, 1.54) is 0 Å². The van der Waals surface area contributed by atoms with E-state index in [1.807, 2.05) is 6.07 Å². The Kier molecular flexibility index (Phi) is 4.98. The van der Waals surface area contributed by atoms with Gasteiger partial charge in [0.15, 0.2) is 0 Å². The monoisotopic (exact) mass is 380 g/mol. The molecule has 1 aromatic carbocycles. The summed E-state index contributed by atoms with van der Waals surface area (Å²) in [6, 6.07) is 12.2. The van der Waals surface area contributed by atoms with Crippen molar-refractivity contribution in [3.05, 3.63) is 77.5 Å². The maximum atomic E-state index is 12.8. The van der Waals surface area contributed by atoms with Gasteiger partial charge in [0, 0.05) is 17.8 Å². The third kappa shape index (κ3) is 3.90. The van der Waals surface area contributed by atoms with Gasteiger partial charge in [0.05, 0.1) is 24.1 Å². The molecule has 0 radical (unpaired) electrons. The number of nitrogens with zero attached hydrogens (tertiary/aromatic N) is 4. The average molecular weight is 381 g/mol. The van der Waals surface area contributed by atoms with Gasteiger partial charge in [0.1, 0.15) is 11.4 Å². The standard InChI is InChI=1S/C20H17ClN4O2/c21-14-6-8-15(9-7-14)27-19-13-22-12-17(24-19)18-5-3-11-25(18)20(26)16-4-1-2-10-23-16/h1-2,4,6-10,12-13,18H,3,5,11H2. The lowest BCUT2D eigenvalue weighted by Gasteiger charge is -2.24. The molecule has 3 aromatic rings. The normalized spacial score (nSPS) is 16.3. The molecular weight excluding hydrogens is 364 g/mol. The van der Waals surface area contributed by atoms with E-state index in [9.17, 15) is 4.79 Å². The molecule has 0 N–H and O–H groups in total. The summed E-state index contributed by atoms with van der Waals surface area (Å²) in [5.41, 5.74) is 1.15. The van der Waals surface area contributed by atoms with Crippen molar-refractivity contribution in [3.8, 4) is 11.6 Å². The van der Waals surface area contributed by atoms with Crippen LogP contribution in [-0.4, -0.2) is 32.3 Å². The molecule has 2 aromatic heterocycles. The predicted octanol–water partition coefficient (Wildman–Crippen LogP) is 4.29. The van der Waals surface area contributed by atoms with E-state index < -0.39 is 0 Å². The van der Waals surface area contributed by atoms with Crippen LogP contribution in [0.5, 0.6) is 11.6 Å². The van der Waals surface area contributed by atoms with Crippen LogP contribution in [0.4, 0.5) is 0 Å². The van der Waals surface area contributed by atoms with Crippen molar-refractivity contribution < 1.29 is 9.53 Å². The summed E-state index contributed by atoms with van der Waals surface area (Å²) >= 11 is 5.90. The molecule has 1 atom stereocenters. The van der Waals surface area contributed by atoms with Crippen molar-refractivity contribution in [1.29, 1.82) is 0 Å². The van der Waals surface area contributed by atoms with Gasteiger partial charge in [-0.25, -0.2) is 4.98 Å². The lowest BCUT2D eigenvalue weighted by molar-refractivity contribution is 0.0726. The van der Waals surface area contributed by atoms with Crippen molar-refractivity contribution in [1.82, 2.24) is 19.9 Å². The van der Waals surface area contributed by atoms with Crippen molar-refractivity contribution in [2.24, 2.45) is 0 Å². The first-order valence-corrected chi connectivity index (χ1v) is 9.06. The van der Waals surface area contributed by atoms with Crippen molar-refractivity contribution in [2.45, 2.75) is 18.9 Å². The number of hydrogen-bond acceptors (Lipinski definition) is 5. The predicted molar refractivity (Wildman–Crippen MR) is 101 cm³/mol. The molecule has 7 heteroatoms. The Morgan fingerprint density at radius 3 is 2.78 bits per heavy atom. The van der Waals surface area contributed by atoms with Crippen molar-refractivity contribution >= 4 is 17.5 Å². The molecule has 1 aliphatic rings. The van der Waals surface area contributed by atoms with Crippen LogP contribution in [0.15, 0.2) is 61.1 Å². The number of hydrogen-bond donors (Lipinski definition) is 0. The third-order valence-electron chi connectivity index (χ3n) is 4.41. The lowest BCUT2D eigenvalue weighted by Crippen LogP contribution is -2.31. The Morgan fingerprint density at radius 2 is 2.00 bits per heavy atom. The van der Waals surface area contributed by atoms with Crippen LogP contribution in [-0.2, 0) is 0 Å². The van der Waals surface area contributed by atoms with Gasteiger partial charge < -0.3 is 9.64 Å². The first kappa shape index (κ1) is 17.4. The van der Waals surface area contributed by atoms with Crippen LogP contribution in [0.3, 0.4) is 0 Å². The number of likely N-dealkylation sites (tertiary alicyclic amines) is 1. The molecule has 1 fully saturated rings. The molecule has 1 aliphatic heterocycles. The maximum Gasteiger partial charge on any atom is 0.273 e. The van der Waals surface area contributed by atoms with Gasteiger partial charge in [0.2, 0.25) is 5.88 Å². The summed E-state index contributed by atoms with van der Waals surface area (Å²) in [7, 11) is 0. The average Bonchev–Trinajstić information content (AvgIpc) is 3.20. The highest BCUT2D eigenvalue weighted by Crippen LogP contribution is 2.32. The van der Waals surface area contributed by atoms with Gasteiger partial charge in [-0.3, -0.25) is 14.8 Å². The van der Waals surface area contributed by atoms with Crippen LogP contribution in [0.2, 0.25) is 5.02 Å². The number of halogens is 1. The van der Waals surface area contributed by atoms with E-state index in [2.05, 4.69) is 15.0 Å². The summed E-state index contributed by atoms with van der Waals surface area (Å²) in [6.07, 6.45) is 6.60. The minimum atomic E-state index is -0.138. The molecule has 1 saturated heterocycles. The quantitative estimate of drug-likeness (QED) is 0.675. The van der Waals surface area contributed by atoms with E-state index in [0.29, 0.717) is 34.6 Å². The number of ether oxygens (including phenoxy) is 1.